The summed E-state index contributed by atoms with van der Waals surface area (Å²) in [6.07, 6.45) is 4.65. The van der Waals surface area contributed by atoms with Crippen LogP contribution >= 0.6 is 0 Å². The Morgan fingerprint density at radius 2 is 1.84 bits per heavy atom. The van der Waals surface area contributed by atoms with Gasteiger partial charge in [-0.25, -0.2) is 0 Å². The molecule has 1 fully saturated rings. The summed E-state index contributed by atoms with van der Waals surface area (Å²) in [5, 5.41) is 14.4. The second-order valence-corrected chi connectivity index (χ2v) is 12.3. The number of rotatable bonds is 6. The first-order chi connectivity index (χ1) is 24.5. The number of methoxy groups -OCH3 is 1. The minimum atomic E-state index is -0.902. The van der Waals surface area contributed by atoms with Gasteiger partial charge in [-0.2, -0.15) is 0 Å². The van der Waals surface area contributed by atoms with E-state index >= 15 is 0 Å². The molecule has 0 unspecified atom stereocenters. The lowest BCUT2D eigenvalue weighted by molar-refractivity contribution is -0.123. The quantitative estimate of drug-likeness (QED) is 0.309. The van der Waals surface area contributed by atoms with E-state index in [2.05, 4.69) is 25.8 Å². The maximum Gasteiger partial charge on any atom is 0.257 e. The van der Waals surface area contributed by atoms with Gasteiger partial charge in [0.05, 0.1) is 50.3 Å². The van der Waals surface area contributed by atoms with E-state index in [9.17, 15) is 14.4 Å². The summed E-state index contributed by atoms with van der Waals surface area (Å²) < 4.78 is 24.6. The zero-order valence-corrected chi connectivity index (χ0v) is 28.2. The van der Waals surface area contributed by atoms with Crippen molar-refractivity contribution in [3.63, 3.8) is 0 Å². The molecule has 4 aromatic rings. The Labute approximate surface area is 290 Å². The SMILES string of the molecule is COc1cccc2c1OCCCn1cc(nn1)CCN(C(=O)c1coc(CN3CCOCC3)c1)CCNC(=O)[C@H](Cc1ccccc1)NC2=O. The first kappa shape index (κ1) is 34.6. The standard InChI is InChI=1S/C36H43N7O7/c1-47-32-10-5-9-30-33(32)49-18-6-13-43-23-28(39-40-43)11-14-42(36(46)27-22-29(50-25-27)24-41-16-19-48-20-17-41)15-12-37-35(45)31(38-34(30)44)21-26-7-3-2-4-8-26/h2-5,7-10,22-23,25,31H,6,11-21,24H2,1H3,(H,37,45)(H,38,44)/t31-/m0/s1. The number of aromatic nitrogens is 3. The third kappa shape index (κ3) is 9.07. The molecule has 2 aliphatic rings. The highest BCUT2D eigenvalue weighted by molar-refractivity contribution is 6.00. The molecule has 50 heavy (non-hydrogen) atoms. The molecule has 0 aliphatic carbocycles. The third-order valence-electron chi connectivity index (χ3n) is 8.70. The third-order valence-corrected chi connectivity index (χ3v) is 8.70. The molecule has 4 heterocycles. The van der Waals surface area contributed by atoms with Crippen LogP contribution in [0.1, 0.15) is 44.2 Å². The van der Waals surface area contributed by atoms with Crippen molar-refractivity contribution in [2.24, 2.45) is 0 Å². The highest BCUT2D eigenvalue weighted by Crippen LogP contribution is 2.31. The fraction of sp³-hybridized carbons (Fsp3) is 0.417. The number of fused-ring (bicyclic) bond motifs is 3. The predicted molar refractivity (Wildman–Crippen MR) is 182 cm³/mol. The molecule has 0 saturated carbocycles. The van der Waals surface area contributed by atoms with Crippen LogP contribution < -0.4 is 20.1 Å². The molecule has 3 amide bonds. The van der Waals surface area contributed by atoms with Gasteiger partial charge in [-0.3, -0.25) is 24.0 Å². The van der Waals surface area contributed by atoms with Gasteiger partial charge in [0, 0.05) is 64.7 Å². The number of morpholine rings is 1. The van der Waals surface area contributed by atoms with Crippen molar-refractivity contribution in [3.05, 3.63) is 95.2 Å². The zero-order valence-electron chi connectivity index (χ0n) is 28.2. The fourth-order valence-corrected chi connectivity index (χ4v) is 6.00. The highest BCUT2D eigenvalue weighted by atomic mass is 16.5. The van der Waals surface area contributed by atoms with Crippen LogP contribution in [0.15, 0.2) is 71.5 Å². The highest BCUT2D eigenvalue weighted by Gasteiger charge is 2.26. The number of benzene rings is 2. The number of carbonyl (C=O) groups is 3. The molecule has 14 nitrogen and oxygen atoms in total. The smallest absolute Gasteiger partial charge is 0.257 e. The molecule has 2 aromatic carbocycles. The van der Waals surface area contributed by atoms with Gasteiger partial charge < -0.3 is 34.2 Å². The van der Waals surface area contributed by atoms with Crippen molar-refractivity contribution in [2.75, 3.05) is 59.7 Å². The number of aryl methyl sites for hydroxylation is 1. The van der Waals surface area contributed by atoms with Crippen molar-refractivity contribution in [3.8, 4) is 11.5 Å². The molecule has 1 saturated heterocycles. The van der Waals surface area contributed by atoms with Gasteiger partial charge in [0.15, 0.2) is 11.5 Å². The number of nitrogens with one attached hydrogen (secondary N) is 2. The Kier molecular flexibility index (Phi) is 11.7. The lowest BCUT2D eigenvalue weighted by Gasteiger charge is -2.25. The van der Waals surface area contributed by atoms with Crippen molar-refractivity contribution in [1.29, 1.82) is 0 Å². The number of para-hydroxylation sites is 1. The van der Waals surface area contributed by atoms with Crippen LogP contribution in [0.5, 0.6) is 11.5 Å². The molecule has 2 bridgehead atoms. The number of furan rings is 1. The predicted octanol–water partition coefficient (Wildman–Crippen LogP) is 2.34. The maximum atomic E-state index is 13.8. The van der Waals surface area contributed by atoms with E-state index < -0.39 is 11.9 Å². The number of carbonyl (C=O) groups excluding carboxylic acids is 3. The van der Waals surface area contributed by atoms with Crippen molar-refractivity contribution < 1.29 is 33.0 Å². The van der Waals surface area contributed by atoms with Crippen LogP contribution in [0.4, 0.5) is 0 Å². The number of amides is 3. The second-order valence-electron chi connectivity index (χ2n) is 12.3. The van der Waals surface area contributed by atoms with Crippen LogP contribution in [0, 0.1) is 0 Å². The summed E-state index contributed by atoms with van der Waals surface area (Å²) in [6.45, 7) is 5.07. The van der Waals surface area contributed by atoms with Gasteiger partial charge in [0.1, 0.15) is 18.1 Å². The summed E-state index contributed by atoms with van der Waals surface area (Å²) in [5.41, 5.74) is 2.30. The van der Waals surface area contributed by atoms with Gasteiger partial charge in [-0.15, -0.1) is 5.10 Å². The first-order valence-corrected chi connectivity index (χ1v) is 16.9. The van der Waals surface area contributed by atoms with E-state index in [1.54, 1.807) is 33.8 Å². The molecule has 14 heteroatoms. The Morgan fingerprint density at radius 1 is 1.00 bits per heavy atom. The molecule has 2 aromatic heterocycles. The lowest BCUT2D eigenvalue weighted by Crippen LogP contribution is -2.50. The summed E-state index contributed by atoms with van der Waals surface area (Å²) in [5.74, 6) is 0.338. The van der Waals surface area contributed by atoms with E-state index in [4.69, 9.17) is 18.6 Å². The largest absolute Gasteiger partial charge is 0.493 e. The Balaban J connectivity index is 1.22. The minimum Gasteiger partial charge on any atom is -0.493 e. The summed E-state index contributed by atoms with van der Waals surface area (Å²) in [4.78, 5) is 45.2. The number of hydrogen-bond acceptors (Lipinski definition) is 10. The Hall–Kier alpha value is -5.21. The van der Waals surface area contributed by atoms with Crippen LogP contribution in [0.2, 0.25) is 0 Å². The van der Waals surface area contributed by atoms with Gasteiger partial charge >= 0.3 is 0 Å². The number of hydrogen-bond donors (Lipinski definition) is 2. The van der Waals surface area contributed by atoms with Gasteiger partial charge in [-0.05, 0) is 23.8 Å². The molecule has 0 radical (unpaired) electrons. The van der Waals surface area contributed by atoms with Crippen molar-refractivity contribution in [2.45, 2.75) is 38.4 Å². The maximum absolute atomic E-state index is 13.8. The Bertz CT molecular complexity index is 1740. The molecular weight excluding hydrogens is 642 g/mol. The van der Waals surface area contributed by atoms with Crippen LogP contribution in [-0.4, -0.2) is 108 Å². The summed E-state index contributed by atoms with van der Waals surface area (Å²) in [7, 11) is 1.51. The van der Waals surface area contributed by atoms with Gasteiger partial charge in [0.25, 0.3) is 11.8 Å². The lowest BCUT2D eigenvalue weighted by atomic mass is 10.0. The number of nitrogens with zero attached hydrogens (tertiary/aromatic N) is 5. The van der Waals surface area contributed by atoms with Gasteiger partial charge in [-0.1, -0.05) is 41.6 Å². The zero-order chi connectivity index (χ0) is 34.7. The normalized spacial score (nSPS) is 18.4. The van der Waals surface area contributed by atoms with E-state index in [1.165, 1.54) is 13.4 Å². The molecule has 2 aliphatic heterocycles. The fourth-order valence-electron chi connectivity index (χ4n) is 6.00. The van der Waals surface area contributed by atoms with Crippen LogP contribution in [0.3, 0.4) is 0 Å². The van der Waals surface area contributed by atoms with E-state index in [-0.39, 0.29) is 43.5 Å². The topological polar surface area (TPSA) is 153 Å². The summed E-state index contributed by atoms with van der Waals surface area (Å²) >= 11 is 0. The van der Waals surface area contributed by atoms with E-state index in [0.717, 1.165) is 24.3 Å². The van der Waals surface area contributed by atoms with E-state index in [0.29, 0.717) is 68.5 Å². The van der Waals surface area contributed by atoms with E-state index in [1.807, 2.05) is 36.5 Å². The molecule has 6 rings (SSSR count). The molecule has 0 spiro atoms. The van der Waals surface area contributed by atoms with Crippen LogP contribution in [0.25, 0.3) is 0 Å². The van der Waals surface area contributed by atoms with Crippen molar-refractivity contribution in [1.82, 2.24) is 35.4 Å². The average Bonchev–Trinajstić information content (AvgIpc) is 3.81. The van der Waals surface area contributed by atoms with Gasteiger partial charge in [0.2, 0.25) is 5.91 Å². The Morgan fingerprint density at radius 3 is 2.66 bits per heavy atom. The minimum absolute atomic E-state index is 0.157. The number of ether oxygens (including phenoxy) is 3. The molecular formula is C36H43N7O7. The first-order valence-electron chi connectivity index (χ1n) is 16.9. The van der Waals surface area contributed by atoms with Crippen LogP contribution in [-0.2, 0) is 35.5 Å². The molecule has 2 N–H and O–H groups in total. The molecule has 264 valence electrons. The summed E-state index contributed by atoms with van der Waals surface area (Å²) in [6, 6.07) is 15.4. The average molecular weight is 686 g/mol. The van der Waals surface area contributed by atoms with Crippen molar-refractivity contribution >= 4 is 17.7 Å². The monoisotopic (exact) mass is 685 g/mol. The second kappa shape index (κ2) is 16.9. The molecule has 1 atom stereocenters.